The normalized spacial score (nSPS) is 10.9. The molecule has 39 heavy (non-hydrogen) atoms. The Morgan fingerprint density at radius 2 is 1.10 bits per heavy atom. The van der Waals surface area contributed by atoms with Crippen LogP contribution in [0.4, 0.5) is 0 Å². The van der Waals surface area contributed by atoms with Gasteiger partial charge < -0.3 is 10.2 Å². The lowest BCUT2D eigenvalue weighted by atomic mass is 9.92. The maximum atomic E-state index is 9.61. The first kappa shape index (κ1) is 24.3. The van der Waals surface area contributed by atoms with Gasteiger partial charge in [0, 0.05) is 6.42 Å². The van der Waals surface area contributed by atoms with Crippen molar-refractivity contribution in [1.29, 1.82) is 0 Å². The van der Waals surface area contributed by atoms with Crippen molar-refractivity contribution >= 4 is 32.3 Å². The zero-order chi connectivity index (χ0) is 26.6. The summed E-state index contributed by atoms with van der Waals surface area (Å²) in [6, 6.07) is 48.9. The molecule has 7 aromatic carbocycles. The summed E-state index contributed by atoms with van der Waals surface area (Å²) in [6.07, 6.45) is 0.785. The minimum atomic E-state index is 0.292. The molecular weight excluding hydrogens is 476 g/mol. The summed E-state index contributed by atoms with van der Waals surface area (Å²) in [5.74, 6) is 0.663. The highest BCUT2D eigenvalue weighted by Gasteiger charge is 2.09. The molecular formula is C37H28O2. The number of phenols is 2. The minimum Gasteiger partial charge on any atom is -0.508 e. The smallest absolute Gasteiger partial charge is 0.119 e. The van der Waals surface area contributed by atoms with Gasteiger partial charge in [0.2, 0.25) is 0 Å². The standard InChI is InChI=1S/C24H16O.C13H12O/c25-21-12-10-16(11-13-21)22-7-3-6-17-8-9-20-14-18-4-1-2-5-19(18)15-23(20)24(17)22;14-13-9-5-4-8-12(13)10-11-6-2-1-3-7-11/h1-15,25H;1-9,14H,10H2. The SMILES string of the molecule is Oc1ccc(-c2cccc3ccc4cc5ccccc5cc4c23)cc1.Oc1ccccc1Cc1ccccc1. The van der Waals surface area contributed by atoms with Crippen molar-refractivity contribution in [1.82, 2.24) is 0 Å². The molecule has 0 spiro atoms. The Balaban J connectivity index is 0.000000168. The zero-order valence-electron chi connectivity index (χ0n) is 21.5. The Hall–Kier alpha value is -5.08. The van der Waals surface area contributed by atoms with Crippen molar-refractivity contribution < 1.29 is 10.2 Å². The van der Waals surface area contributed by atoms with Gasteiger partial charge in [-0.25, -0.2) is 0 Å². The number of hydrogen-bond acceptors (Lipinski definition) is 2. The van der Waals surface area contributed by atoms with Crippen molar-refractivity contribution in [2.24, 2.45) is 0 Å². The average molecular weight is 505 g/mol. The Morgan fingerprint density at radius 1 is 0.462 bits per heavy atom. The van der Waals surface area contributed by atoms with E-state index in [0.29, 0.717) is 11.5 Å². The molecule has 0 radical (unpaired) electrons. The summed E-state index contributed by atoms with van der Waals surface area (Å²) >= 11 is 0. The number of fused-ring (bicyclic) bond motifs is 4. The topological polar surface area (TPSA) is 40.5 Å². The van der Waals surface area contributed by atoms with E-state index in [1.54, 1.807) is 18.2 Å². The molecule has 7 aromatic rings. The van der Waals surface area contributed by atoms with Crippen molar-refractivity contribution in [3.05, 3.63) is 157 Å². The van der Waals surface area contributed by atoms with Crippen LogP contribution in [0.1, 0.15) is 11.1 Å². The van der Waals surface area contributed by atoms with Gasteiger partial charge in [-0.05, 0) is 84.9 Å². The molecule has 0 fully saturated rings. The Kier molecular flexibility index (Phi) is 6.67. The maximum absolute atomic E-state index is 9.61. The molecule has 0 aliphatic heterocycles. The van der Waals surface area contributed by atoms with E-state index in [1.165, 1.54) is 43.4 Å². The van der Waals surface area contributed by atoms with Crippen LogP contribution in [0.3, 0.4) is 0 Å². The van der Waals surface area contributed by atoms with Crippen LogP contribution >= 0.6 is 0 Å². The van der Waals surface area contributed by atoms with Crippen LogP contribution in [0.25, 0.3) is 43.4 Å². The van der Waals surface area contributed by atoms with E-state index in [4.69, 9.17) is 0 Å². The van der Waals surface area contributed by atoms with Crippen LogP contribution in [0.5, 0.6) is 11.5 Å². The van der Waals surface area contributed by atoms with Gasteiger partial charge in [0.25, 0.3) is 0 Å². The van der Waals surface area contributed by atoms with Gasteiger partial charge >= 0.3 is 0 Å². The lowest BCUT2D eigenvalue weighted by molar-refractivity contribution is 0.469. The van der Waals surface area contributed by atoms with E-state index >= 15 is 0 Å². The van der Waals surface area contributed by atoms with Gasteiger partial charge in [-0.2, -0.15) is 0 Å². The van der Waals surface area contributed by atoms with Gasteiger partial charge in [0.1, 0.15) is 11.5 Å². The van der Waals surface area contributed by atoms with Crippen LogP contribution in [0.2, 0.25) is 0 Å². The second-order valence-electron chi connectivity index (χ2n) is 9.73. The van der Waals surface area contributed by atoms with Crippen molar-refractivity contribution in [2.45, 2.75) is 6.42 Å². The van der Waals surface area contributed by atoms with Crippen molar-refractivity contribution in [3.63, 3.8) is 0 Å². The summed E-state index contributed by atoms with van der Waals surface area (Å²) in [7, 11) is 0. The fourth-order valence-corrected chi connectivity index (χ4v) is 5.16. The summed E-state index contributed by atoms with van der Waals surface area (Å²) in [5, 5.41) is 26.7. The van der Waals surface area contributed by atoms with E-state index in [2.05, 4.69) is 78.9 Å². The Labute approximate surface area is 228 Å². The molecule has 2 N–H and O–H groups in total. The minimum absolute atomic E-state index is 0.292. The van der Waals surface area contributed by atoms with Crippen LogP contribution in [-0.2, 0) is 6.42 Å². The molecule has 0 saturated heterocycles. The third-order valence-electron chi connectivity index (χ3n) is 7.13. The zero-order valence-corrected chi connectivity index (χ0v) is 21.5. The molecule has 7 rings (SSSR count). The first-order valence-electron chi connectivity index (χ1n) is 13.1. The lowest BCUT2D eigenvalue weighted by Gasteiger charge is -2.12. The third-order valence-corrected chi connectivity index (χ3v) is 7.13. The predicted molar refractivity (Wildman–Crippen MR) is 163 cm³/mol. The van der Waals surface area contributed by atoms with E-state index in [0.717, 1.165) is 17.5 Å². The highest BCUT2D eigenvalue weighted by molar-refractivity contribution is 6.17. The largest absolute Gasteiger partial charge is 0.508 e. The molecule has 2 heteroatoms. The highest BCUT2D eigenvalue weighted by Crippen LogP contribution is 2.36. The molecule has 0 bridgehead atoms. The number of aromatic hydroxyl groups is 2. The quantitative estimate of drug-likeness (QED) is 0.186. The molecule has 0 saturated carbocycles. The average Bonchev–Trinajstić information content (AvgIpc) is 2.98. The molecule has 0 unspecified atom stereocenters. The summed E-state index contributed by atoms with van der Waals surface area (Å²) in [6.45, 7) is 0. The summed E-state index contributed by atoms with van der Waals surface area (Å²) in [5.41, 5.74) is 4.50. The Morgan fingerprint density at radius 3 is 1.87 bits per heavy atom. The molecule has 188 valence electrons. The summed E-state index contributed by atoms with van der Waals surface area (Å²) in [4.78, 5) is 0. The van der Waals surface area contributed by atoms with Gasteiger partial charge in [-0.3, -0.25) is 0 Å². The van der Waals surface area contributed by atoms with Gasteiger partial charge in [0.05, 0.1) is 0 Å². The first-order valence-corrected chi connectivity index (χ1v) is 13.1. The Bertz CT molecular complexity index is 1890. The van der Waals surface area contributed by atoms with E-state index < -0.39 is 0 Å². The van der Waals surface area contributed by atoms with E-state index in [1.807, 2.05) is 48.5 Å². The summed E-state index contributed by atoms with van der Waals surface area (Å²) < 4.78 is 0. The molecule has 0 heterocycles. The number of phenolic OH excluding ortho intramolecular Hbond substituents is 2. The second-order valence-corrected chi connectivity index (χ2v) is 9.73. The van der Waals surface area contributed by atoms with Gasteiger partial charge in [0.15, 0.2) is 0 Å². The third kappa shape index (κ3) is 5.18. The molecule has 0 atom stereocenters. The van der Waals surface area contributed by atoms with Gasteiger partial charge in [-0.15, -0.1) is 0 Å². The molecule has 2 nitrogen and oxygen atoms in total. The monoisotopic (exact) mass is 504 g/mol. The molecule has 0 aromatic heterocycles. The first-order chi connectivity index (χ1) is 19.2. The van der Waals surface area contributed by atoms with Crippen molar-refractivity contribution in [3.8, 4) is 22.6 Å². The predicted octanol–water partition coefficient (Wildman–Crippen LogP) is 9.50. The van der Waals surface area contributed by atoms with Crippen LogP contribution in [0, 0.1) is 0 Å². The van der Waals surface area contributed by atoms with Crippen LogP contribution in [0.15, 0.2) is 146 Å². The van der Waals surface area contributed by atoms with Gasteiger partial charge in [-0.1, -0.05) is 115 Å². The molecule has 0 aliphatic carbocycles. The van der Waals surface area contributed by atoms with Crippen LogP contribution < -0.4 is 0 Å². The maximum Gasteiger partial charge on any atom is 0.119 e. The number of rotatable bonds is 3. The van der Waals surface area contributed by atoms with E-state index in [-0.39, 0.29) is 0 Å². The number of hydrogen-bond donors (Lipinski definition) is 2. The lowest BCUT2D eigenvalue weighted by Crippen LogP contribution is -1.87. The van der Waals surface area contributed by atoms with E-state index in [9.17, 15) is 10.2 Å². The van der Waals surface area contributed by atoms with Crippen LogP contribution in [-0.4, -0.2) is 10.2 Å². The fraction of sp³-hybridized carbons (Fsp3) is 0.0270. The molecule has 0 aliphatic rings. The highest BCUT2D eigenvalue weighted by atomic mass is 16.3. The molecule has 0 amide bonds. The van der Waals surface area contributed by atoms with Crippen molar-refractivity contribution in [2.75, 3.05) is 0 Å². The number of benzene rings is 7. The second kappa shape index (κ2) is 10.7. The number of para-hydroxylation sites is 1. The fourth-order valence-electron chi connectivity index (χ4n) is 5.16.